The largest absolute Gasteiger partial charge is 0.352 e. The maximum Gasteiger partial charge on any atom is 0.235 e. The molecule has 2 unspecified atom stereocenters. The number of amides is 1. The lowest BCUT2D eigenvalue weighted by Crippen LogP contribution is -2.49. The molecule has 2 aliphatic heterocycles. The van der Waals surface area contributed by atoms with Crippen molar-refractivity contribution in [2.75, 3.05) is 11.5 Å². The van der Waals surface area contributed by atoms with Gasteiger partial charge in [-0.05, 0) is 32.1 Å². The minimum absolute atomic E-state index is 0. The van der Waals surface area contributed by atoms with Gasteiger partial charge in [-0.2, -0.15) is 0 Å². The molecule has 0 aliphatic carbocycles. The van der Waals surface area contributed by atoms with E-state index in [0.29, 0.717) is 18.5 Å². The molecular formula is C14H27ClN2O3S. The van der Waals surface area contributed by atoms with Crippen LogP contribution in [0.4, 0.5) is 0 Å². The SMILES string of the molecule is CCCCCS(=O)(=O)CC(=O)NC1CC2CCC(C1)N2.Cl. The second-order valence-corrected chi connectivity index (χ2v) is 8.36. The molecule has 2 aliphatic rings. The van der Waals surface area contributed by atoms with Crippen molar-refractivity contribution in [3.63, 3.8) is 0 Å². The lowest BCUT2D eigenvalue weighted by Gasteiger charge is -2.29. The van der Waals surface area contributed by atoms with Crippen molar-refractivity contribution in [2.45, 2.75) is 70.0 Å². The van der Waals surface area contributed by atoms with Gasteiger partial charge in [0.2, 0.25) is 5.91 Å². The summed E-state index contributed by atoms with van der Waals surface area (Å²) < 4.78 is 23.7. The number of nitrogens with one attached hydrogen (secondary N) is 2. The van der Waals surface area contributed by atoms with Gasteiger partial charge < -0.3 is 10.6 Å². The van der Waals surface area contributed by atoms with Crippen LogP contribution in [0.3, 0.4) is 0 Å². The van der Waals surface area contributed by atoms with Crippen LogP contribution in [-0.4, -0.2) is 44.0 Å². The lowest BCUT2D eigenvalue weighted by atomic mass is 10.00. The van der Waals surface area contributed by atoms with Crippen LogP contribution in [-0.2, 0) is 14.6 Å². The third-order valence-corrected chi connectivity index (χ3v) is 5.86. The normalized spacial score (nSPS) is 28.0. The summed E-state index contributed by atoms with van der Waals surface area (Å²) in [4.78, 5) is 11.9. The molecule has 2 heterocycles. The van der Waals surface area contributed by atoms with Crippen LogP contribution in [0, 0.1) is 0 Å². The van der Waals surface area contributed by atoms with Crippen LogP contribution < -0.4 is 10.6 Å². The van der Waals surface area contributed by atoms with Crippen molar-refractivity contribution < 1.29 is 13.2 Å². The van der Waals surface area contributed by atoms with Crippen LogP contribution in [0.15, 0.2) is 0 Å². The third-order valence-electron chi connectivity index (χ3n) is 4.25. The molecule has 0 aromatic heterocycles. The van der Waals surface area contributed by atoms with Gasteiger partial charge in [0.15, 0.2) is 9.84 Å². The molecule has 2 fully saturated rings. The summed E-state index contributed by atoms with van der Waals surface area (Å²) in [7, 11) is -3.24. The topological polar surface area (TPSA) is 75.3 Å². The monoisotopic (exact) mass is 338 g/mol. The summed E-state index contributed by atoms with van der Waals surface area (Å²) >= 11 is 0. The molecule has 1 amide bonds. The second-order valence-electron chi connectivity index (χ2n) is 6.17. The van der Waals surface area contributed by atoms with Gasteiger partial charge in [-0.3, -0.25) is 4.79 Å². The Bertz CT molecular complexity index is 430. The van der Waals surface area contributed by atoms with E-state index >= 15 is 0 Å². The fourth-order valence-corrected chi connectivity index (χ4v) is 4.56. The van der Waals surface area contributed by atoms with Gasteiger partial charge in [0, 0.05) is 18.1 Å². The highest BCUT2D eigenvalue weighted by Crippen LogP contribution is 2.26. The zero-order valence-electron chi connectivity index (χ0n) is 12.6. The minimum atomic E-state index is -3.24. The van der Waals surface area contributed by atoms with E-state index in [1.807, 2.05) is 6.92 Å². The first-order valence-electron chi connectivity index (χ1n) is 7.74. The summed E-state index contributed by atoms with van der Waals surface area (Å²) in [5, 5.41) is 6.41. The Morgan fingerprint density at radius 3 is 2.38 bits per heavy atom. The molecule has 2 bridgehead atoms. The molecule has 5 nitrogen and oxygen atoms in total. The Morgan fingerprint density at radius 2 is 1.81 bits per heavy atom. The molecule has 2 N–H and O–H groups in total. The van der Waals surface area contributed by atoms with Crippen molar-refractivity contribution in [1.82, 2.24) is 10.6 Å². The number of fused-ring (bicyclic) bond motifs is 2. The molecule has 0 spiro atoms. The molecular weight excluding hydrogens is 312 g/mol. The number of halogens is 1. The second kappa shape index (κ2) is 8.34. The number of carbonyl (C=O) groups excluding carboxylic acids is 1. The van der Waals surface area contributed by atoms with E-state index in [9.17, 15) is 13.2 Å². The fraction of sp³-hybridized carbons (Fsp3) is 0.929. The Morgan fingerprint density at radius 1 is 1.19 bits per heavy atom. The number of piperidine rings is 1. The van der Waals surface area contributed by atoms with Gasteiger partial charge in [0.1, 0.15) is 5.75 Å². The fourth-order valence-electron chi connectivity index (χ4n) is 3.29. The lowest BCUT2D eigenvalue weighted by molar-refractivity contribution is -0.119. The first-order chi connectivity index (χ1) is 9.48. The first-order valence-corrected chi connectivity index (χ1v) is 9.56. The molecule has 21 heavy (non-hydrogen) atoms. The first kappa shape index (κ1) is 18.7. The van der Waals surface area contributed by atoms with Gasteiger partial charge in [0.05, 0.1) is 5.75 Å². The number of sulfone groups is 1. The highest BCUT2D eigenvalue weighted by Gasteiger charge is 2.34. The number of hydrogen-bond acceptors (Lipinski definition) is 4. The van der Waals surface area contributed by atoms with Gasteiger partial charge in [-0.15, -0.1) is 12.4 Å². The summed E-state index contributed by atoms with van der Waals surface area (Å²) in [6.07, 6.45) is 6.75. The highest BCUT2D eigenvalue weighted by molar-refractivity contribution is 7.92. The Balaban J connectivity index is 0.00000220. The van der Waals surface area contributed by atoms with E-state index in [1.54, 1.807) is 0 Å². The van der Waals surface area contributed by atoms with Crippen molar-refractivity contribution in [3.05, 3.63) is 0 Å². The Labute approximate surface area is 134 Å². The van der Waals surface area contributed by atoms with Gasteiger partial charge in [0.25, 0.3) is 0 Å². The summed E-state index contributed by atoms with van der Waals surface area (Å²) in [5.41, 5.74) is 0. The number of unbranched alkanes of at least 4 members (excludes halogenated alkanes) is 2. The van der Waals surface area contributed by atoms with Gasteiger partial charge >= 0.3 is 0 Å². The highest BCUT2D eigenvalue weighted by atomic mass is 35.5. The standard InChI is InChI=1S/C14H26N2O3S.ClH/c1-2-3-4-7-20(18,19)10-14(17)16-13-8-11-5-6-12(9-13)15-11;/h11-13,15H,2-10H2,1H3,(H,16,17);1H. The predicted molar refractivity (Wildman–Crippen MR) is 86.5 cm³/mol. The minimum Gasteiger partial charge on any atom is -0.352 e. The number of hydrogen-bond donors (Lipinski definition) is 2. The third kappa shape index (κ3) is 6.12. The van der Waals surface area contributed by atoms with E-state index < -0.39 is 9.84 Å². The molecule has 0 radical (unpaired) electrons. The van der Waals surface area contributed by atoms with E-state index in [0.717, 1.165) is 25.7 Å². The summed E-state index contributed by atoms with van der Waals surface area (Å²) in [6.45, 7) is 2.03. The number of carbonyl (C=O) groups is 1. The number of rotatable bonds is 7. The van der Waals surface area contributed by atoms with Gasteiger partial charge in [-0.25, -0.2) is 8.42 Å². The molecule has 124 valence electrons. The van der Waals surface area contributed by atoms with Crippen molar-refractivity contribution in [3.8, 4) is 0 Å². The quantitative estimate of drug-likeness (QED) is 0.688. The van der Waals surface area contributed by atoms with E-state index in [1.165, 1.54) is 12.8 Å². The van der Waals surface area contributed by atoms with E-state index in [2.05, 4.69) is 10.6 Å². The zero-order valence-corrected chi connectivity index (χ0v) is 14.3. The molecule has 7 heteroatoms. The van der Waals surface area contributed by atoms with Crippen LogP contribution >= 0.6 is 12.4 Å². The van der Waals surface area contributed by atoms with Crippen molar-refractivity contribution >= 4 is 28.2 Å². The molecule has 0 aromatic carbocycles. The maximum absolute atomic E-state index is 11.9. The van der Waals surface area contributed by atoms with E-state index in [4.69, 9.17) is 0 Å². The molecule has 0 saturated carbocycles. The van der Waals surface area contributed by atoms with Gasteiger partial charge in [-0.1, -0.05) is 19.8 Å². The van der Waals surface area contributed by atoms with Crippen LogP contribution in [0.1, 0.15) is 51.9 Å². The summed E-state index contributed by atoms with van der Waals surface area (Å²) in [5.74, 6) is -0.547. The molecule has 0 aromatic rings. The smallest absolute Gasteiger partial charge is 0.235 e. The molecule has 2 saturated heterocycles. The van der Waals surface area contributed by atoms with Crippen LogP contribution in [0.25, 0.3) is 0 Å². The average molecular weight is 339 g/mol. The van der Waals surface area contributed by atoms with Crippen LogP contribution in [0.5, 0.6) is 0 Å². The molecule has 2 atom stereocenters. The Kier molecular flexibility index (Phi) is 7.44. The molecule has 2 rings (SSSR count). The zero-order chi connectivity index (χ0) is 14.6. The van der Waals surface area contributed by atoms with Crippen molar-refractivity contribution in [2.24, 2.45) is 0 Å². The Hall–Kier alpha value is -0.330. The van der Waals surface area contributed by atoms with Crippen molar-refractivity contribution in [1.29, 1.82) is 0 Å². The van der Waals surface area contributed by atoms with E-state index in [-0.39, 0.29) is 35.9 Å². The summed E-state index contributed by atoms with van der Waals surface area (Å²) in [6, 6.07) is 1.15. The predicted octanol–water partition coefficient (Wildman–Crippen LogP) is 1.41. The average Bonchev–Trinajstić information content (AvgIpc) is 2.68. The maximum atomic E-state index is 11.9. The van der Waals surface area contributed by atoms with Crippen LogP contribution in [0.2, 0.25) is 0 Å².